The zero-order valence-electron chi connectivity index (χ0n) is 17.2. The Labute approximate surface area is 177 Å². The fourth-order valence-corrected chi connectivity index (χ4v) is 3.78. The van der Waals surface area contributed by atoms with Crippen molar-refractivity contribution < 1.29 is 4.74 Å². The van der Waals surface area contributed by atoms with E-state index in [-0.39, 0.29) is 11.1 Å². The molecule has 0 bridgehead atoms. The number of aryl methyl sites for hydroxylation is 1. The summed E-state index contributed by atoms with van der Waals surface area (Å²) in [6.45, 7) is 2.36. The Balaban J connectivity index is 1.68. The smallest absolute Gasteiger partial charge is 0.283 e. The summed E-state index contributed by atoms with van der Waals surface area (Å²) in [5.41, 5.74) is 4.56. The van der Waals surface area contributed by atoms with E-state index in [0.717, 1.165) is 28.8 Å². The summed E-state index contributed by atoms with van der Waals surface area (Å²) < 4.78 is 8.52. The first-order chi connectivity index (χ1) is 15.2. The molecule has 8 heteroatoms. The summed E-state index contributed by atoms with van der Waals surface area (Å²) in [6.07, 6.45) is 2.24. The van der Waals surface area contributed by atoms with Crippen LogP contribution >= 0.6 is 0 Å². The molecule has 0 unspecified atom stereocenters. The standard InChI is InChI=1S/C23H20N6O2/c1-3-17-19(15-9-5-4-6-10-15)21-26-25-20-22(29(21)27-17)24-14-28(23(20)30)13-16-11-7-8-12-18(16)31-2/h4-12,14H,3,13H2,1-2H3. The van der Waals surface area contributed by atoms with Gasteiger partial charge in [0.05, 0.1) is 24.9 Å². The van der Waals surface area contributed by atoms with Gasteiger partial charge in [0.25, 0.3) is 5.56 Å². The first-order valence-corrected chi connectivity index (χ1v) is 10.0. The molecule has 0 atom stereocenters. The fraction of sp³-hybridized carbons (Fsp3) is 0.174. The largest absolute Gasteiger partial charge is 0.496 e. The predicted molar refractivity (Wildman–Crippen MR) is 117 cm³/mol. The molecular weight excluding hydrogens is 392 g/mol. The van der Waals surface area contributed by atoms with Crippen LogP contribution in [0.3, 0.4) is 0 Å². The van der Waals surface area contributed by atoms with Crippen molar-refractivity contribution in [3.05, 3.63) is 82.5 Å². The Morgan fingerprint density at radius 2 is 1.74 bits per heavy atom. The van der Waals surface area contributed by atoms with E-state index in [4.69, 9.17) is 9.84 Å². The summed E-state index contributed by atoms with van der Waals surface area (Å²) in [7, 11) is 1.61. The number of benzene rings is 2. The number of rotatable bonds is 5. The van der Waals surface area contributed by atoms with Crippen LogP contribution in [0.4, 0.5) is 0 Å². The maximum absolute atomic E-state index is 13.1. The monoisotopic (exact) mass is 412 g/mol. The van der Waals surface area contributed by atoms with Crippen LogP contribution in [0.2, 0.25) is 0 Å². The van der Waals surface area contributed by atoms with Gasteiger partial charge in [0.15, 0.2) is 16.8 Å². The van der Waals surface area contributed by atoms with Crippen molar-refractivity contribution in [2.45, 2.75) is 19.9 Å². The zero-order chi connectivity index (χ0) is 21.4. The third-order valence-corrected chi connectivity index (χ3v) is 5.30. The van der Waals surface area contributed by atoms with Crippen molar-refractivity contribution in [2.24, 2.45) is 0 Å². The average Bonchev–Trinajstić information content (AvgIpc) is 3.21. The lowest BCUT2D eigenvalue weighted by atomic mass is 10.0. The summed E-state index contributed by atoms with van der Waals surface area (Å²) in [4.78, 5) is 17.7. The second kappa shape index (κ2) is 7.64. The lowest BCUT2D eigenvalue weighted by Crippen LogP contribution is -2.23. The predicted octanol–water partition coefficient (Wildman–Crippen LogP) is 3.12. The van der Waals surface area contributed by atoms with Crippen LogP contribution in [0, 0.1) is 0 Å². The topological polar surface area (TPSA) is 87.2 Å². The molecule has 0 spiro atoms. The first-order valence-electron chi connectivity index (χ1n) is 10.0. The van der Waals surface area contributed by atoms with Gasteiger partial charge in [0.1, 0.15) is 12.1 Å². The lowest BCUT2D eigenvalue weighted by Gasteiger charge is -2.10. The molecule has 0 aliphatic rings. The number of fused-ring (bicyclic) bond motifs is 3. The van der Waals surface area contributed by atoms with E-state index in [1.54, 1.807) is 11.6 Å². The number of ether oxygens (including phenoxy) is 1. The second-order valence-corrected chi connectivity index (χ2v) is 7.14. The van der Waals surface area contributed by atoms with Gasteiger partial charge < -0.3 is 4.74 Å². The molecule has 5 aromatic rings. The summed E-state index contributed by atoms with van der Waals surface area (Å²) in [5.74, 6) is 0.711. The molecule has 0 aliphatic carbocycles. The maximum Gasteiger partial charge on any atom is 0.283 e. The Hall–Kier alpha value is -4.07. The highest BCUT2D eigenvalue weighted by molar-refractivity contribution is 5.83. The van der Waals surface area contributed by atoms with Crippen molar-refractivity contribution in [2.75, 3.05) is 7.11 Å². The van der Waals surface area contributed by atoms with E-state index in [1.165, 1.54) is 10.9 Å². The van der Waals surface area contributed by atoms with Gasteiger partial charge in [-0.15, -0.1) is 10.2 Å². The lowest BCUT2D eigenvalue weighted by molar-refractivity contribution is 0.408. The van der Waals surface area contributed by atoms with Gasteiger partial charge in [0.2, 0.25) is 0 Å². The van der Waals surface area contributed by atoms with Gasteiger partial charge >= 0.3 is 0 Å². The normalized spacial score (nSPS) is 11.3. The van der Waals surface area contributed by atoms with Crippen molar-refractivity contribution in [1.29, 1.82) is 0 Å². The van der Waals surface area contributed by atoms with Gasteiger partial charge in [0, 0.05) is 5.56 Å². The number of nitrogens with zero attached hydrogens (tertiary/aromatic N) is 6. The third kappa shape index (κ3) is 3.13. The van der Waals surface area contributed by atoms with Crippen molar-refractivity contribution in [3.63, 3.8) is 0 Å². The fourth-order valence-electron chi connectivity index (χ4n) is 3.78. The van der Waals surface area contributed by atoms with E-state index in [9.17, 15) is 4.79 Å². The summed E-state index contributed by atoms with van der Waals surface area (Å²) >= 11 is 0. The molecule has 5 rings (SSSR count). The maximum atomic E-state index is 13.1. The van der Waals surface area contributed by atoms with Crippen molar-refractivity contribution >= 4 is 16.8 Å². The molecule has 2 aromatic carbocycles. The number of aromatic nitrogens is 6. The minimum Gasteiger partial charge on any atom is -0.496 e. The van der Waals surface area contributed by atoms with Gasteiger partial charge in [-0.3, -0.25) is 9.36 Å². The summed E-state index contributed by atoms with van der Waals surface area (Å²) in [6, 6.07) is 17.5. The highest BCUT2D eigenvalue weighted by atomic mass is 16.5. The van der Waals surface area contributed by atoms with Crippen LogP contribution in [0.5, 0.6) is 5.75 Å². The molecule has 31 heavy (non-hydrogen) atoms. The van der Waals surface area contributed by atoms with Crippen LogP contribution in [-0.4, -0.2) is 36.5 Å². The Kier molecular flexibility index (Phi) is 4.66. The van der Waals surface area contributed by atoms with Crippen LogP contribution < -0.4 is 10.3 Å². The summed E-state index contributed by atoms with van der Waals surface area (Å²) in [5, 5.41) is 13.3. The highest BCUT2D eigenvalue weighted by Gasteiger charge is 2.19. The molecule has 154 valence electrons. The van der Waals surface area contributed by atoms with Crippen molar-refractivity contribution in [1.82, 2.24) is 29.4 Å². The molecule has 0 aliphatic heterocycles. The number of hydrogen-bond acceptors (Lipinski definition) is 6. The van der Waals surface area contributed by atoms with Crippen LogP contribution in [0.25, 0.3) is 27.9 Å². The highest BCUT2D eigenvalue weighted by Crippen LogP contribution is 2.28. The number of methoxy groups -OCH3 is 1. The van der Waals surface area contributed by atoms with Gasteiger partial charge in [-0.25, -0.2) is 4.98 Å². The van der Waals surface area contributed by atoms with E-state index in [1.807, 2.05) is 61.5 Å². The molecule has 0 N–H and O–H groups in total. The minimum absolute atomic E-state index is 0.176. The second-order valence-electron chi connectivity index (χ2n) is 7.14. The Morgan fingerprint density at radius 1 is 0.968 bits per heavy atom. The van der Waals surface area contributed by atoms with Gasteiger partial charge in [-0.2, -0.15) is 9.61 Å². The third-order valence-electron chi connectivity index (χ3n) is 5.30. The van der Waals surface area contributed by atoms with Crippen LogP contribution in [-0.2, 0) is 13.0 Å². The van der Waals surface area contributed by atoms with Crippen LogP contribution in [0.15, 0.2) is 65.7 Å². The molecule has 0 saturated carbocycles. The molecule has 0 amide bonds. The zero-order valence-corrected chi connectivity index (χ0v) is 17.2. The molecular formula is C23H20N6O2. The number of para-hydroxylation sites is 1. The molecule has 0 saturated heterocycles. The van der Waals surface area contributed by atoms with Crippen LogP contribution in [0.1, 0.15) is 18.2 Å². The molecule has 0 radical (unpaired) electrons. The first kappa shape index (κ1) is 18.9. The molecule has 8 nitrogen and oxygen atoms in total. The Bertz CT molecular complexity index is 1460. The number of hydrogen-bond donors (Lipinski definition) is 0. The Morgan fingerprint density at radius 3 is 2.52 bits per heavy atom. The molecule has 3 heterocycles. The van der Waals surface area contributed by atoms with E-state index in [2.05, 4.69) is 15.2 Å². The van der Waals surface area contributed by atoms with Crippen molar-refractivity contribution in [3.8, 4) is 16.9 Å². The quantitative estimate of drug-likeness (QED) is 0.441. The molecule has 3 aromatic heterocycles. The van der Waals surface area contributed by atoms with E-state index in [0.29, 0.717) is 23.6 Å². The van der Waals surface area contributed by atoms with Gasteiger partial charge in [-0.05, 0) is 18.1 Å². The van der Waals surface area contributed by atoms with E-state index < -0.39 is 0 Å². The SMILES string of the molecule is CCc1nn2c(nnc3c(=O)n(Cc4ccccc4OC)cnc32)c1-c1ccccc1. The average molecular weight is 412 g/mol. The van der Waals surface area contributed by atoms with E-state index >= 15 is 0 Å². The minimum atomic E-state index is -0.278. The van der Waals surface area contributed by atoms with Gasteiger partial charge in [-0.1, -0.05) is 55.5 Å². The molecule has 0 fully saturated rings.